The van der Waals surface area contributed by atoms with Gasteiger partial charge in [-0.15, -0.1) is 0 Å². The number of hydrogen-bond donors (Lipinski definition) is 1. The van der Waals surface area contributed by atoms with Gasteiger partial charge >= 0.3 is 0 Å². The Morgan fingerprint density at radius 3 is 2.85 bits per heavy atom. The number of phenols is 1. The lowest BCUT2D eigenvalue weighted by Crippen LogP contribution is -2.24. The Bertz CT molecular complexity index is 947. The molecule has 2 aromatic rings. The van der Waals surface area contributed by atoms with Gasteiger partial charge in [0.2, 0.25) is 12.7 Å². The number of ether oxygens (including phenoxy) is 2. The lowest BCUT2D eigenvalue weighted by atomic mass is 9.97. The van der Waals surface area contributed by atoms with Gasteiger partial charge in [0, 0.05) is 23.4 Å². The monoisotopic (exact) mass is 528 g/mol. The van der Waals surface area contributed by atoms with E-state index < -0.39 is 0 Å². The minimum Gasteiger partial charge on any atom is -0.506 e. The fraction of sp³-hybridized carbons (Fsp3) is 0.222. The van der Waals surface area contributed by atoms with Gasteiger partial charge in [-0.25, -0.2) is 5.01 Å². The zero-order valence-electron chi connectivity index (χ0n) is 13.7. The number of benzene rings is 2. The van der Waals surface area contributed by atoms with Crippen LogP contribution in [-0.2, 0) is 4.79 Å². The van der Waals surface area contributed by atoms with Crippen molar-refractivity contribution in [3.8, 4) is 17.2 Å². The van der Waals surface area contributed by atoms with Crippen molar-refractivity contribution in [2.75, 3.05) is 6.79 Å². The number of carbonyl (C=O) groups excluding carboxylic acids is 1. The molecule has 134 valence electrons. The predicted molar refractivity (Wildman–Crippen MR) is 108 cm³/mol. The van der Waals surface area contributed by atoms with Crippen molar-refractivity contribution in [1.29, 1.82) is 0 Å². The molecule has 4 rings (SSSR count). The summed E-state index contributed by atoms with van der Waals surface area (Å²) >= 11 is 5.52. The smallest absolute Gasteiger partial charge is 0.240 e. The first-order valence-electron chi connectivity index (χ1n) is 7.89. The van der Waals surface area contributed by atoms with Crippen molar-refractivity contribution in [2.24, 2.45) is 5.10 Å². The number of fused-ring (bicyclic) bond motifs is 1. The number of hydrazone groups is 1. The molecule has 0 saturated carbocycles. The molecule has 0 aromatic heterocycles. The molecule has 1 atom stereocenters. The van der Waals surface area contributed by atoms with Gasteiger partial charge in [-0.05, 0) is 52.4 Å². The van der Waals surface area contributed by atoms with E-state index in [1.54, 1.807) is 0 Å². The van der Waals surface area contributed by atoms with Gasteiger partial charge in [0.1, 0.15) is 5.75 Å². The summed E-state index contributed by atoms with van der Waals surface area (Å²) in [4.78, 5) is 12.1. The average Bonchev–Trinajstić information content (AvgIpc) is 3.24. The zero-order valence-corrected chi connectivity index (χ0v) is 17.4. The number of rotatable bonds is 2. The van der Waals surface area contributed by atoms with Crippen LogP contribution < -0.4 is 9.47 Å². The van der Waals surface area contributed by atoms with Crippen LogP contribution in [0.15, 0.2) is 39.9 Å². The highest BCUT2D eigenvalue weighted by atomic mass is 127. The summed E-state index contributed by atoms with van der Waals surface area (Å²) < 4.78 is 12.4. The number of halogens is 2. The van der Waals surface area contributed by atoms with Crippen molar-refractivity contribution in [3.63, 3.8) is 0 Å². The van der Waals surface area contributed by atoms with E-state index in [4.69, 9.17) is 9.47 Å². The van der Waals surface area contributed by atoms with Crippen LogP contribution in [0.1, 0.15) is 30.5 Å². The number of amides is 1. The minimum absolute atomic E-state index is 0.160. The molecule has 26 heavy (non-hydrogen) atoms. The molecule has 0 spiro atoms. The Hall–Kier alpha value is -1.81. The molecule has 1 unspecified atom stereocenters. The van der Waals surface area contributed by atoms with E-state index in [9.17, 15) is 9.90 Å². The van der Waals surface area contributed by atoms with E-state index in [1.165, 1.54) is 11.9 Å². The van der Waals surface area contributed by atoms with Gasteiger partial charge in [-0.1, -0.05) is 22.0 Å². The molecular weight excluding hydrogens is 515 g/mol. The standard InChI is InChI=1S/C18H14BrIN2O4/c1-9(23)22-15(10-2-3-16-17(4-10)26-8-25-16)7-14(21-22)12-5-11(19)6-13(20)18(12)24/h2-6,15,24H,7-8H2,1H3. The van der Waals surface area contributed by atoms with E-state index in [0.29, 0.717) is 29.2 Å². The molecule has 2 heterocycles. The largest absolute Gasteiger partial charge is 0.506 e. The lowest BCUT2D eigenvalue weighted by molar-refractivity contribution is -0.130. The van der Waals surface area contributed by atoms with E-state index in [2.05, 4.69) is 43.6 Å². The Balaban J connectivity index is 1.72. The summed E-state index contributed by atoms with van der Waals surface area (Å²) in [7, 11) is 0. The number of aromatic hydroxyl groups is 1. The van der Waals surface area contributed by atoms with Gasteiger partial charge in [0.15, 0.2) is 11.5 Å². The van der Waals surface area contributed by atoms with Gasteiger partial charge in [-0.2, -0.15) is 5.10 Å². The van der Waals surface area contributed by atoms with Crippen molar-refractivity contribution >= 4 is 50.1 Å². The third-order valence-electron chi connectivity index (χ3n) is 4.35. The van der Waals surface area contributed by atoms with Gasteiger partial charge in [-0.3, -0.25) is 4.79 Å². The van der Waals surface area contributed by atoms with Gasteiger partial charge in [0.25, 0.3) is 0 Å². The third kappa shape index (κ3) is 3.05. The Kier molecular flexibility index (Phi) is 4.55. The number of hydrogen-bond acceptors (Lipinski definition) is 5. The Morgan fingerprint density at radius 2 is 2.08 bits per heavy atom. The van der Waals surface area contributed by atoms with Crippen molar-refractivity contribution in [2.45, 2.75) is 19.4 Å². The second-order valence-corrected chi connectivity index (χ2v) is 8.10. The first-order chi connectivity index (χ1) is 12.4. The molecule has 6 nitrogen and oxygen atoms in total. The topological polar surface area (TPSA) is 71.4 Å². The zero-order chi connectivity index (χ0) is 18.4. The molecular formula is C18H14BrIN2O4. The molecule has 2 aliphatic heterocycles. The van der Waals surface area contributed by atoms with Crippen LogP contribution in [0, 0.1) is 3.57 Å². The summed E-state index contributed by atoms with van der Waals surface area (Å²) in [6.45, 7) is 1.68. The van der Waals surface area contributed by atoms with Gasteiger partial charge < -0.3 is 14.6 Å². The second kappa shape index (κ2) is 6.73. The first-order valence-corrected chi connectivity index (χ1v) is 9.76. The molecule has 0 radical (unpaired) electrons. The molecule has 2 aromatic carbocycles. The molecule has 0 aliphatic carbocycles. The molecule has 8 heteroatoms. The van der Waals surface area contributed by atoms with Crippen LogP contribution in [0.25, 0.3) is 0 Å². The maximum atomic E-state index is 12.1. The van der Waals surface area contributed by atoms with E-state index in [-0.39, 0.29) is 24.5 Å². The Morgan fingerprint density at radius 1 is 1.31 bits per heavy atom. The molecule has 0 bridgehead atoms. The quantitative estimate of drug-likeness (QED) is 0.593. The van der Waals surface area contributed by atoms with Crippen molar-refractivity contribution < 1.29 is 19.4 Å². The summed E-state index contributed by atoms with van der Waals surface area (Å²) in [5.41, 5.74) is 2.20. The van der Waals surface area contributed by atoms with Crippen LogP contribution >= 0.6 is 38.5 Å². The number of phenolic OH excluding ortho intramolecular Hbond substituents is 1. The molecule has 1 amide bonds. The van der Waals surface area contributed by atoms with Gasteiger partial charge in [0.05, 0.1) is 15.3 Å². The minimum atomic E-state index is -0.256. The SMILES string of the molecule is CC(=O)N1N=C(c2cc(Br)cc(I)c2O)CC1c1ccc2c(c1)OCO2. The molecule has 1 N–H and O–H groups in total. The number of carbonyl (C=O) groups is 1. The maximum absolute atomic E-state index is 12.1. The van der Waals surface area contributed by atoms with Crippen LogP contribution in [0.3, 0.4) is 0 Å². The highest BCUT2D eigenvalue weighted by Crippen LogP contribution is 2.40. The second-order valence-electron chi connectivity index (χ2n) is 6.03. The highest BCUT2D eigenvalue weighted by Gasteiger charge is 2.33. The summed E-state index contributed by atoms with van der Waals surface area (Å²) in [6.07, 6.45) is 0.499. The van der Waals surface area contributed by atoms with Crippen molar-refractivity contribution in [1.82, 2.24) is 5.01 Å². The van der Waals surface area contributed by atoms with E-state index in [0.717, 1.165) is 13.6 Å². The molecule has 0 saturated heterocycles. The predicted octanol–water partition coefficient (Wildman–Crippen LogP) is 4.19. The van der Waals surface area contributed by atoms with Crippen molar-refractivity contribution in [3.05, 3.63) is 49.5 Å². The van der Waals surface area contributed by atoms with E-state index in [1.807, 2.05) is 30.3 Å². The maximum Gasteiger partial charge on any atom is 0.240 e. The van der Waals surface area contributed by atoms with Crippen LogP contribution in [0.4, 0.5) is 0 Å². The van der Waals surface area contributed by atoms with Crippen LogP contribution in [0.2, 0.25) is 0 Å². The highest BCUT2D eigenvalue weighted by molar-refractivity contribution is 14.1. The fourth-order valence-electron chi connectivity index (χ4n) is 3.13. The third-order valence-corrected chi connectivity index (χ3v) is 5.63. The fourth-order valence-corrected chi connectivity index (χ4v) is 4.64. The molecule has 0 fully saturated rings. The van der Waals surface area contributed by atoms with Crippen LogP contribution in [-0.4, -0.2) is 28.5 Å². The summed E-state index contributed by atoms with van der Waals surface area (Å²) in [5, 5.41) is 16.4. The first kappa shape index (κ1) is 17.6. The normalized spacial score (nSPS) is 18.2. The molecule has 2 aliphatic rings. The van der Waals surface area contributed by atoms with Crippen LogP contribution in [0.5, 0.6) is 17.2 Å². The summed E-state index contributed by atoms with van der Waals surface area (Å²) in [6, 6.07) is 9.02. The average molecular weight is 529 g/mol. The number of nitrogens with zero attached hydrogens (tertiary/aromatic N) is 2. The summed E-state index contributed by atoms with van der Waals surface area (Å²) in [5.74, 6) is 1.37. The van der Waals surface area contributed by atoms with E-state index >= 15 is 0 Å². The Labute approximate surface area is 172 Å². The lowest BCUT2D eigenvalue weighted by Gasteiger charge is -2.20.